The van der Waals surface area contributed by atoms with Gasteiger partial charge in [0.25, 0.3) is 0 Å². The molecule has 0 saturated heterocycles. The molecule has 0 aliphatic rings. The molecule has 3 heteroatoms. The van der Waals surface area contributed by atoms with Gasteiger partial charge in [-0.25, -0.2) is 0 Å². The van der Waals surface area contributed by atoms with Gasteiger partial charge < -0.3 is 4.74 Å². The average molecular weight is 227 g/mol. The summed E-state index contributed by atoms with van der Waals surface area (Å²) in [6.07, 6.45) is 0. The number of hydrogen-bond donors (Lipinski definition) is 0. The topological polar surface area (TPSA) is 26.3 Å². The lowest BCUT2D eigenvalue weighted by atomic mass is 9.99. The maximum absolute atomic E-state index is 10.9. The van der Waals surface area contributed by atoms with E-state index in [1.165, 1.54) is 6.92 Å². The number of aryl methyl sites for hydroxylation is 2. The van der Waals surface area contributed by atoms with Gasteiger partial charge in [0.1, 0.15) is 5.75 Å². The smallest absolute Gasteiger partial charge is 0.308 e. The van der Waals surface area contributed by atoms with Crippen LogP contribution in [0.2, 0.25) is 0 Å². The van der Waals surface area contributed by atoms with E-state index in [9.17, 15) is 4.79 Å². The van der Waals surface area contributed by atoms with E-state index in [-0.39, 0.29) is 5.97 Å². The number of carbonyl (C=O) groups excluding carboxylic acids is 1. The molecule has 1 aromatic carbocycles. The maximum atomic E-state index is 10.9. The number of esters is 1. The van der Waals surface area contributed by atoms with Crippen molar-refractivity contribution in [2.24, 2.45) is 0 Å². The number of carbonyl (C=O) groups is 1. The van der Waals surface area contributed by atoms with E-state index in [1.54, 1.807) is 0 Å². The van der Waals surface area contributed by atoms with Gasteiger partial charge in [0.2, 0.25) is 0 Å². The van der Waals surface area contributed by atoms with Crippen molar-refractivity contribution in [3.63, 3.8) is 0 Å². The molecule has 0 aliphatic carbocycles. The highest BCUT2D eigenvalue weighted by Gasteiger charge is 2.12. The summed E-state index contributed by atoms with van der Waals surface area (Å²) < 4.78 is 5.18. The summed E-state index contributed by atoms with van der Waals surface area (Å²) in [6, 6.07) is 1.99. The lowest BCUT2D eigenvalue weighted by Crippen LogP contribution is -2.06. The lowest BCUT2D eigenvalue weighted by Gasteiger charge is -2.14. The maximum Gasteiger partial charge on any atom is 0.308 e. The zero-order valence-corrected chi connectivity index (χ0v) is 10.2. The minimum absolute atomic E-state index is 0.300. The Morgan fingerprint density at radius 2 is 1.93 bits per heavy atom. The Morgan fingerprint density at radius 1 is 1.33 bits per heavy atom. The Kier molecular flexibility index (Phi) is 3.75. The highest BCUT2D eigenvalue weighted by Crippen LogP contribution is 2.30. The number of benzene rings is 1. The van der Waals surface area contributed by atoms with Crippen molar-refractivity contribution in [2.45, 2.75) is 33.6 Å². The van der Waals surface area contributed by atoms with Crippen molar-refractivity contribution in [1.82, 2.24) is 0 Å². The van der Waals surface area contributed by atoms with Crippen LogP contribution in [0.3, 0.4) is 0 Å². The van der Waals surface area contributed by atoms with Crippen molar-refractivity contribution in [3.8, 4) is 5.75 Å². The summed E-state index contributed by atoms with van der Waals surface area (Å²) in [5.41, 5.74) is 4.10. The molecule has 0 N–H and O–H groups in total. The monoisotopic (exact) mass is 226 g/mol. The fraction of sp³-hybridized carbons (Fsp3) is 0.417. The van der Waals surface area contributed by atoms with E-state index in [2.05, 4.69) is 0 Å². The van der Waals surface area contributed by atoms with Gasteiger partial charge >= 0.3 is 5.97 Å². The van der Waals surface area contributed by atoms with E-state index in [0.717, 1.165) is 22.3 Å². The molecule has 0 radical (unpaired) electrons. The van der Waals surface area contributed by atoms with Crippen molar-refractivity contribution in [2.75, 3.05) is 0 Å². The van der Waals surface area contributed by atoms with E-state index >= 15 is 0 Å². The van der Waals surface area contributed by atoms with Gasteiger partial charge in [-0.2, -0.15) is 0 Å². The molecule has 0 unspecified atom stereocenters. The lowest BCUT2D eigenvalue weighted by molar-refractivity contribution is -0.131. The first-order chi connectivity index (χ1) is 6.97. The number of ether oxygens (including phenoxy) is 1. The van der Waals surface area contributed by atoms with Gasteiger partial charge in [-0.3, -0.25) is 4.79 Å². The van der Waals surface area contributed by atoms with Crippen LogP contribution in [-0.2, 0) is 10.7 Å². The molecule has 0 spiro atoms. The molecule has 15 heavy (non-hydrogen) atoms. The average Bonchev–Trinajstić information content (AvgIpc) is 2.12. The second-order valence-electron chi connectivity index (χ2n) is 3.67. The predicted octanol–water partition coefficient (Wildman–Crippen LogP) is 3.28. The Hall–Kier alpha value is -1.02. The molecule has 0 amide bonds. The second-order valence-corrected chi connectivity index (χ2v) is 3.94. The van der Waals surface area contributed by atoms with Gasteiger partial charge in [0, 0.05) is 12.8 Å². The summed E-state index contributed by atoms with van der Waals surface area (Å²) in [5, 5.41) is 0. The minimum atomic E-state index is -0.300. The third-order valence-electron chi connectivity index (χ3n) is 2.44. The van der Waals surface area contributed by atoms with Crippen LogP contribution in [0.25, 0.3) is 0 Å². The van der Waals surface area contributed by atoms with Gasteiger partial charge in [0.05, 0.1) is 0 Å². The van der Waals surface area contributed by atoms with Gasteiger partial charge in [-0.15, -0.1) is 11.6 Å². The van der Waals surface area contributed by atoms with Gasteiger partial charge in [-0.1, -0.05) is 6.07 Å². The van der Waals surface area contributed by atoms with Crippen molar-refractivity contribution in [1.29, 1.82) is 0 Å². The minimum Gasteiger partial charge on any atom is -0.426 e. The SMILES string of the molecule is CC(=O)Oc1c(C)cc(C)c(CCl)c1C. The van der Waals surface area contributed by atoms with Crippen LogP contribution in [0.15, 0.2) is 6.07 Å². The molecule has 0 bridgehead atoms. The standard InChI is InChI=1S/C12H15ClO2/c1-7-5-8(2)12(15-10(4)14)9(3)11(7)6-13/h5H,6H2,1-4H3. The largest absolute Gasteiger partial charge is 0.426 e. The Bertz CT molecular complexity index is 397. The zero-order valence-electron chi connectivity index (χ0n) is 9.48. The highest BCUT2D eigenvalue weighted by molar-refractivity contribution is 6.17. The van der Waals surface area contributed by atoms with Crippen molar-refractivity contribution in [3.05, 3.63) is 28.3 Å². The molecule has 82 valence electrons. The van der Waals surface area contributed by atoms with Gasteiger partial charge in [-0.05, 0) is 43.0 Å². The van der Waals surface area contributed by atoms with E-state index in [1.807, 2.05) is 26.8 Å². The fourth-order valence-corrected chi connectivity index (χ4v) is 2.12. The summed E-state index contributed by atoms with van der Waals surface area (Å²) in [4.78, 5) is 10.9. The molecular formula is C12H15ClO2. The van der Waals surface area contributed by atoms with E-state index in [0.29, 0.717) is 11.6 Å². The van der Waals surface area contributed by atoms with E-state index < -0.39 is 0 Å². The fourth-order valence-electron chi connectivity index (χ4n) is 1.71. The molecule has 0 aliphatic heterocycles. The Labute approximate surface area is 95.2 Å². The van der Waals surface area contributed by atoms with Crippen LogP contribution < -0.4 is 4.74 Å². The number of alkyl halides is 1. The normalized spacial score (nSPS) is 10.2. The first-order valence-electron chi connectivity index (χ1n) is 4.81. The third kappa shape index (κ3) is 2.51. The van der Waals surface area contributed by atoms with Crippen molar-refractivity contribution >= 4 is 17.6 Å². The van der Waals surface area contributed by atoms with Gasteiger partial charge in [0.15, 0.2) is 0 Å². The van der Waals surface area contributed by atoms with Crippen LogP contribution in [0, 0.1) is 20.8 Å². The summed E-state index contributed by atoms with van der Waals surface area (Å²) >= 11 is 5.86. The molecule has 0 heterocycles. The molecule has 2 nitrogen and oxygen atoms in total. The third-order valence-corrected chi connectivity index (χ3v) is 2.71. The first kappa shape index (κ1) is 12.1. The van der Waals surface area contributed by atoms with Crippen LogP contribution >= 0.6 is 11.6 Å². The predicted molar refractivity (Wildman–Crippen MR) is 61.5 cm³/mol. The molecular weight excluding hydrogens is 212 g/mol. The number of rotatable bonds is 2. The molecule has 1 rings (SSSR count). The Balaban J connectivity index is 3.32. The molecule has 0 aromatic heterocycles. The highest BCUT2D eigenvalue weighted by atomic mass is 35.5. The Morgan fingerprint density at radius 3 is 2.40 bits per heavy atom. The molecule has 0 saturated carbocycles. The van der Waals surface area contributed by atoms with E-state index in [4.69, 9.17) is 16.3 Å². The quantitative estimate of drug-likeness (QED) is 0.440. The summed E-state index contributed by atoms with van der Waals surface area (Å²) in [6.45, 7) is 7.26. The second kappa shape index (κ2) is 4.67. The summed E-state index contributed by atoms with van der Waals surface area (Å²) in [5.74, 6) is 0.779. The molecule has 0 fully saturated rings. The van der Waals surface area contributed by atoms with Crippen LogP contribution in [0.4, 0.5) is 0 Å². The molecule has 1 aromatic rings. The van der Waals surface area contributed by atoms with Crippen molar-refractivity contribution < 1.29 is 9.53 Å². The number of halogens is 1. The van der Waals surface area contributed by atoms with Crippen LogP contribution in [0.5, 0.6) is 5.75 Å². The first-order valence-corrected chi connectivity index (χ1v) is 5.35. The number of hydrogen-bond acceptors (Lipinski definition) is 2. The van der Waals surface area contributed by atoms with Crippen LogP contribution in [0.1, 0.15) is 29.2 Å². The zero-order chi connectivity index (χ0) is 11.6. The molecule has 0 atom stereocenters. The van der Waals surface area contributed by atoms with Crippen LogP contribution in [-0.4, -0.2) is 5.97 Å². The summed E-state index contributed by atoms with van der Waals surface area (Å²) in [7, 11) is 0.